The van der Waals surface area contributed by atoms with Gasteiger partial charge in [-0.15, -0.1) is 0 Å². The largest absolute Gasteiger partial charge is 0.354 e. The molecular weight excluding hydrogens is 276 g/mol. The Morgan fingerprint density at radius 3 is 2.68 bits per heavy atom. The minimum Gasteiger partial charge on any atom is -0.354 e. The van der Waals surface area contributed by atoms with E-state index in [4.69, 9.17) is 0 Å². The zero-order valence-corrected chi connectivity index (χ0v) is 13.8. The Kier molecular flexibility index (Phi) is 5.58. The quantitative estimate of drug-likeness (QED) is 0.878. The van der Waals surface area contributed by atoms with Crippen LogP contribution < -0.4 is 5.32 Å². The molecule has 1 aromatic carbocycles. The Bertz CT molecular complexity index is 524. The highest BCUT2D eigenvalue weighted by molar-refractivity contribution is 5.82. The summed E-state index contributed by atoms with van der Waals surface area (Å²) in [6.07, 6.45) is 2.65. The normalized spacial score (nSPS) is 19.3. The second-order valence-electron chi connectivity index (χ2n) is 6.28. The van der Waals surface area contributed by atoms with Crippen LogP contribution in [0.25, 0.3) is 0 Å². The van der Waals surface area contributed by atoms with E-state index in [1.165, 1.54) is 5.56 Å². The van der Waals surface area contributed by atoms with E-state index in [0.717, 1.165) is 18.4 Å². The Hall–Kier alpha value is -1.84. The summed E-state index contributed by atoms with van der Waals surface area (Å²) in [6, 6.07) is 8.43. The number of nitrogens with zero attached hydrogens (tertiary/aromatic N) is 1. The monoisotopic (exact) mass is 302 g/mol. The van der Waals surface area contributed by atoms with Gasteiger partial charge in [0.15, 0.2) is 0 Å². The third-order valence-corrected chi connectivity index (χ3v) is 4.37. The number of nitrogens with one attached hydrogen (secondary N) is 1. The number of hydrogen-bond acceptors (Lipinski definition) is 2. The molecule has 1 aliphatic heterocycles. The lowest BCUT2D eigenvalue weighted by atomic mass is 10.1. The lowest BCUT2D eigenvalue weighted by molar-refractivity contribution is -0.130. The van der Waals surface area contributed by atoms with Gasteiger partial charge in [-0.2, -0.15) is 0 Å². The molecule has 0 spiro atoms. The van der Waals surface area contributed by atoms with E-state index in [1.54, 1.807) is 0 Å². The topological polar surface area (TPSA) is 49.4 Å². The lowest BCUT2D eigenvalue weighted by Crippen LogP contribution is -2.39. The van der Waals surface area contributed by atoms with Gasteiger partial charge in [-0.25, -0.2) is 0 Å². The molecule has 2 atom stereocenters. The van der Waals surface area contributed by atoms with Crippen molar-refractivity contribution in [2.24, 2.45) is 0 Å². The van der Waals surface area contributed by atoms with E-state index >= 15 is 0 Å². The molecule has 0 radical (unpaired) electrons. The fourth-order valence-corrected chi connectivity index (χ4v) is 2.76. The summed E-state index contributed by atoms with van der Waals surface area (Å²) < 4.78 is 0. The second kappa shape index (κ2) is 7.43. The highest BCUT2D eigenvalue weighted by Gasteiger charge is 2.32. The van der Waals surface area contributed by atoms with Crippen molar-refractivity contribution in [3.05, 3.63) is 35.4 Å². The molecule has 1 aliphatic rings. The molecule has 2 unspecified atom stereocenters. The number of hydrogen-bond donors (Lipinski definition) is 1. The summed E-state index contributed by atoms with van der Waals surface area (Å²) in [5.41, 5.74) is 2.33. The SMILES string of the molecule is CCC(C)NC(=O)CC1CCC(=O)N1Cc1ccc(C)cc1. The molecule has 1 N–H and O–H groups in total. The predicted octanol–water partition coefficient (Wildman–Crippen LogP) is 2.79. The molecule has 0 saturated carbocycles. The van der Waals surface area contributed by atoms with Crippen molar-refractivity contribution in [3.8, 4) is 0 Å². The van der Waals surface area contributed by atoms with Crippen molar-refractivity contribution in [2.45, 2.75) is 65.1 Å². The van der Waals surface area contributed by atoms with Crippen molar-refractivity contribution < 1.29 is 9.59 Å². The Morgan fingerprint density at radius 1 is 1.36 bits per heavy atom. The van der Waals surface area contributed by atoms with Crippen molar-refractivity contribution in [1.82, 2.24) is 10.2 Å². The van der Waals surface area contributed by atoms with E-state index in [-0.39, 0.29) is 23.9 Å². The highest BCUT2D eigenvalue weighted by atomic mass is 16.2. The number of carbonyl (C=O) groups is 2. The van der Waals surface area contributed by atoms with E-state index in [2.05, 4.69) is 29.6 Å². The fraction of sp³-hybridized carbons (Fsp3) is 0.556. The van der Waals surface area contributed by atoms with Gasteiger partial charge in [-0.3, -0.25) is 9.59 Å². The van der Waals surface area contributed by atoms with E-state index in [0.29, 0.717) is 19.4 Å². The van der Waals surface area contributed by atoms with Crippen LogP contribution in [0.3, 0.4) is 0 Å². The van der Waals surface area contributed by atoms with Crippen LogP contribution >= 0.6 is 0 Å². The first-order valence-corrected chi connectivity index (χ1v) is 8.14. The Morgan fingerprint density at radius 2 is 2.05 bits per heavy atom. The van der Waals surface area contributed by atoms with Crippen molar-refractivity contribution in [3.63, 3.8) is 0 Å². The molecule has 4 nitrogen and oxygen atoms in total. The van der Waals surface area contributed by atoms with Gasteiger partial charge in [-0.05, 0) is 32.3 Å². The highest BCUT2D eigenvalue weighted by Crippen LogP contribution is 2.24. The van der Waals surface area contributed by atoms with Gasteiger partial charge in [-0.1, -0.05) is 36.8 Å². The van der Waals surface area contributed by atoms with Crippen molar-refractivity contribution >= 4 is 11.8 Å². The molecule has 0 aliphatic carbocycles. The van der Waals surface area contributed by atoms with Crippen LogP contribution in [0.2, 0.25) is 0 Å². The zero-order chi connectivity index (χ0) is 16.1. The summed E-state index contributed by atoms with van der Waals surface area (Å²) in [5, 5.41) is 2.99. The summed E-state index contributed by atoms with van der Waals surface area (Å²) in [6.45, 7) is 6.70. The smallest absolute Gasteiger partial charge is 0.223 e. The van der Waals surface area contributed by atoms with E-state index in [9.17, 15) is 9.59 Å². The van der Waals surface area contributed by atoms with Crippen LogP contribution in [0.15, 0.2) is 24.3 Å². The molecule has 22 heavy (non-hydrogen) atoms. The third-order valence-electron chi connectivity index (χ3n) is 4.37. The lowest BCUT2D eigenvalue weighted by Gasteiger charge is -2.25. The third kappa shape index (κ3) is 4.33. The summed E-state index contributed by atoms with van der Waals surface area (Å²) >= 11 is 0. The summed E-state index contributed by atoms with van der Waals surface area (Å²) in [5.74, 6) is 0.199. The first kappa shape index (κ1) is 16.5. The van der Waals surface area contributed by atoms with Crippen LogP contribution in [0.5, 0.6) is 0 Å². The second-order valence-corrected chi connectivity index (χ2v) is 6.28. The molecule has 1 fully saturated rings. The van der Waals surface area contributed by atoms with Crippen LogP contribution in [0.1, 0.15) is 50.7 Å². The predicted molar refractivity (Wildman–Crippen MR) is 87.3 cm³/mol. The maximum absolute atomic E-state index is 12.1. The summed E-state index contributed by atoms with van der Waals surface area (Å²) in [4.78, 5) is 26.0. The Labute approximate surface area is 132 Å². The maximum atomic E-state index is 12.1. The standard InChI is InChI=1S/C18H26N2O2/c1-4-14(3)19-17(21)11-16-9-10-18(22)20(16)12-15-7-5-13(2)6-8-15/h5-8,14,16H,4,9-12H2,1-3H3,(H,19,21). The van der Waals surface area contributed by atoms with Crippen LogP contribution in [-0.4, -0.2) is 28.8 Å². The van der Waals surface area contributed by atoms with E-state index < -0.39 is 0 Å². The van der Waals surface area contributed by atoms with Crippen LogP contribution in [0, 0.1) is 6.92 Å². The number of aryl methyl sites for hydroxylation is 1. The van der Waals surface area contributed by atoms with Gasteiger partial charge >= 0.3 is 0 Å². The molecular formula is C18H26N2O2. The molecule has 4 heteroatoms. The van der Waals surface area contributed by atoms with Crippen LogP contribution in [-0.2, 0) is 16.1 Å². The van der Waals surface area contributed by atoms with Crippen molar-refractivity contribution in [1.29, 1.82) is 0 Å². The van der Waals surface area contributed by atoms with Crippen LogP contribution in [0.4, 0.5) is 0 Å². The average molecular weight is 302 g/mol. The number of amides is 2. The molecule has 0 aromatic heterocycles. The number of likely N-dealkylation sites (tertiary alicyclic amines) is 1. The van der Waals surface area contributed by atoms with Gasteiger partial charge in [0.1, 0.15) is 0 Å². The zero-order valence-electron chi connectivity index (χ0n) is 13.8. The van der Waals surface area contributed by atoms with Gasteiger partial charge in [0.2, 0.25) is 11.8 Å². The van der Waals surface area contributed by atoms with Gasteiger partial charge in [0, 0.05) is 31.5 Å². The number of carbonyl (C=O) groups excluding carboxylic acids is 2. The van der Waals surface area contributed by atoms with Gasteiger partial charge in [0.25, 0.3) is 0 Å². The van der Waals surface area contributed by atoms with Crippen molar-refractivity contribution in [2.75, 3.05) is 0 Å². The molecule has 2 rings (SSSR count). The minimum absolute atomic E-state index is 0.0258. The van der Waals surface area contributed by atoms with E-state index in [1.807, 2.05) is 25.7 Å². The minimum atomic E-state index is 0.0258. The number of rotatable bonds is 6. The molecule has 1 heterocycles. The molecule has 120 valence electrons. The molecule has 1 saturated heterocycles. The average Bonchev–Trinajstić information content (AvgIpc) is 2.82. The Balaban J connectivity index is 1.97. The first-order valence-electron chi connectivity index (χ1n) is 8.14. The summed E-state index contributed by atoms with van der Waals surface area (Å²) in [7, 11) is 0. The fourth-order valence-electron chi connectivity index (χ4n) is 2.76. The van der Waals surface area contributed by atoms with Gasteiger partial charge < -0.3 is 10.2 Å². The molecule has 1 aromatic rings. The van der Waals surface area contributed by atoms with Gasteiger partial charge in [0.05, 0.1) is 0 Å². The maximum Gasteiger partial charge on any atom is 0.223 e. The molecule has 2 amide bonds. The first-order chi connectivity index (χ1) is 10.5. The molecule has 0 bridgehead atoms. The number of benzene rings is 1.